The molecule has 0 amide bonds. The van der Waals surface area contributed by atoms with Gasteiger partial charge in [0.1, 0.15) is 0 Å². The maximum absolute atomic E-state index is 5.69. The third-order valence-electron chi connectivity index (χ3n) is 2.90. The van der Waals surface area contributed by atoms with Crippen molar-refractivity contribution in [3.63, 3.8) is 0 Å². The van der Waals surface area contributed by atoms with Crippen LogP contribution in [0.3, 0.4) is 0 Å². The van der Waals surface area contributed by atoms with Gasteiger partial charge in [0.15, 0.2) is 0 Å². The van der Waals surface area contributed by atoms with Gasteiger partial charge in [0, 0.05) is 29.3 Å². The van der Waals surface area contributed by atoms with Crippen molar-refractivity contribution in [2.24, 2.45) is 0 Å². The molecule has 1 N–H and O–H groups in total. The first-order chi connectivity index (χ1) is 6.95. The van der Waals surface area contributed by atoms with Crippen LogP contribution in [0, 0.1) is 0 Å². The van der Waals surface area contributed by atoms with Crippen molar-refractivity contribution in [1.82, 2.24) is 4.98 Å². The molecule has 1 aromatic carbocycles. The molecule has 72 valence electrons. The fourth-order valence-electron chi connectivity index (χ4n) is 2.18. The van der Waals surface area contributed by atoms with E-state index in [1.54, 1.807) is 0 Å². The lowest BCUT2D eigenvalue weighted by Gasteiger charge is -2.07. The first-order valence-corrected chi connectivity index (χ1v) is 5.13. The highest BCUT2D eigenvalue weighted by molar-refractivity contribution is 5.83. The Balaban J connectivity index is 2.11. The Morgan fingerprint density at radius 1 is 1.29 bits per heavy atom. The average molecular weight is 187 g/mol. The Hall–Kier alpha value is -1.28. The molecule has 1 aliphatic heterocycles. The summed E-state index contributed by atoms with van der Waals surface area (Å²) in [4.78, 5) is 3.29. The topological polar surface area (TPSA) is 25.0 Å². The van der Waals surface area contributed by atoms with E-state index in [-0.39, 0.29) is 0 Å². The van der Waals surface area contributed by atoms with Gasteiger partial charge < -0.3 is 9.72 Å². The Morgan fingerprint density at radius 3 is 3.07 bits per heavy atom. The van der Waals surface area contributed by atoms with Gasteiger partial charge in [-0.05, 0) is 18.9 Å². The first-order valence-electron chi connectivity index (χ1n) is 5.13. The van der Waals surface area contributed by atoms with E-state index in [9.17, 15) is 0 Å². The summed E-state index contributed by atoms with van der Waals surface area (Å²) in [5, 5.41) is 1.31. The van der Waals surface area contributed by atoms with E-state index in [0.29, 0.717) is 6.10 Å². The molecule has 14 heavy (non-hydrogen) atoms. The van der Waals surface area contributed by atoms with Crippen molar-refractivity contribution in [2.75, 3.05) is 6.61 Å². The van der Waals surface area contributed by atoms with Crippen molar-refractivity contribution in [3.05, 3.63) is 36.0 Å². The zero-order chi connectivity index (χ0) is 9.38. The molecule has 2 heteroatoms. The fraction of sp³-hybridized carbons (Fsp3) is 0.333. The van der Waals surface area contributed by atoms with Crippen LogP contribution >= 0.6 is 0 Å². The predicted molar refractivity (Wildman–Crippen MR) is 56.2 cm³/mol. The van der Waals surface area contributed by atoms with Crippen LogP contribution in [0.25, 0.3) is 10.9 Å². The lowest BCUT2D eigenvalue weighted by atomic mass is 10.1. The molecule has 2 aromatic rings. The first kappa shape index (κ1) is 8.06. The van der Waals surface area contributed by atoms with Crippen molar-refractivity contribution in [2.45, 2.75) is 18.9 Å². The molecule has 1 atom stereocenters. The van der Waals surface area contributed by atoms with Crippen LogP contribution in [-0.4, -0.2) is 11.6 Å². The molecule has 0 radical (unpaired) electrons. The maximum Gasteiger partial charge on any atom is 0.0846 e. The van der Waals surface area contributed by atoms with Gasteiger partial charge >= 0.3 is 0 Å². The largest absolute Gasteiger partial charge is 0.373 e. The van der Waals surface area contributed by atoms with Crippen molar-refractivity contribution >= 4 is 10.9 Å². The standard InChI is InChI=1S/C12H13NO/c1-2-5-11-9(4-1)10(8-13-11)12-6-3-7-14-12/h1-2,4-5,8,12-13H,3,6-7H2. The fourth-order valence-corrected chi connectivity index (χ4v) is 2.18. The summed E-state index contributed by atoms with van der Waals surface area (Å²) in [5.74, 6) is 0. The molecule has 0 saturated carbocycles. The van der Waals surface area contributed by atoms with Crippen molar-refractivity contribution in [3.8, 4) is 0 Å². The van der Waals surface area contributed by atoms with Crippen LogP contribution < -0.4 is 0 Å². The Bertz CT molecular complexity index is 440. The molecule has 1 fully saturated rings. The van der Waals surface area contributed by atoms with Gasteiger partial charge in [-0.1, -0.05) is 18.2 Å². The molecule has 0 spiro atoms. The molecule has 3 rings (SSSR count). The number of rotatable bonds is 1. The Kier molecular flexibility index (Phi) is 1.81. The van der Waals surface area contributed by atoms with Crippen LogP contribution in [-0.2, 0) is 4.74 Å². The van der Waals surface area contributed by atoms with Gasteiger partial charge in [-0.2, -0.15) is 0 Å². The van der Waals surface area contributed by atoms with Crippen LogP contribution in [0.1, 0.15) is 24.5 Å². The van der Waals surface area contributed by atoms with Gasteiger partial charge in [-0.25, -0.2) is 0 Å². The van der Waals surface area contributed by atoms with E-state index < -0.39 is 0 Å². The second-order valence-electron chi connectivity index (χ2n) is 3.79. The van der Waals surface area contributed by atoms with E-state index in [4.69, 9.17) is 4.74 Å². The highest BCUT2D eigenvalue weighted by Gasteiger charge is 2.20. The number of benzene rings is 1. The number of nitrogens with one attached hydrogen (secondary N) is 1. The number of para-hydroxylation sites is 1. The molecule has 1 unspecified atom stereocenters. The minimum atomic E-state index is 0.311. The van der Waals surface area contributed by atoms with Gasteiger partial charge in [0.25, 0.3) is 0 Å². The number of H-pyrrole nitrogens is 1. The van der Waals surface area contributed by atoms with E-state index in [2.05, 4.69) is 35.4 Å². The number of ether oxygens (including phenoxy) is 1. The minimum absolute atomic E-state index is 0.311. The monoisotopic (exact) mass is 187 g/mol. The molecule has 1 aromatic heterocycles. The summed E-state index contributed by atoms with van der Waals surface area (Å²) in [6, 6.07) is 8.39. The highest BCUT2D eigenvalue weighted by atomic mass is 16.5. The minimum Gasteiger partial charge on any atom is -0.373 e. The zero-order valence-electron chi connectivity index (χ0n) is 7.99. The normalized spacial score (nSPS) is 21.9. The third-order valence-corrected chi connectivity index (χ3v) is 2.90. The highest BCUT2D eigenvalue weighted by Crippen LogP contribution is 2.33. The van der Waals surface area contributed by atoms with E-state index in [1.165, 1.54) is 22.9 Å². The molecule has 2 heterocycles. The van der Waals surface area contributed by atoms with Crippen LogP contribution in [0.5, 0.6) is 0 Å². The summed E-state index contributed by atoms with van der Waals surface area (Å²) >= 11 is 0. The van der Waals surface area contributed by atoms with E-state index in [1.807, 2.05) is 0 Å². The number of fused-ring (bicyclic) bond motifs is 1. The molecular weight excluding hydrogens is 174 g/mol. The van der Waals surface area contributed by atoms with Gasteiger partial charge in [0.2, 0.25) is 0 Å². The number of aromatic amines is 1. The van der Waals surface area contributed by atoms with Crippen molar-refractivity contribution in [1.29, 1.82) is 0 Å². The zero-order valence-corrected chi connectivity index (χ0v) is 7.99. The molecular formula is C12H13NO. The van der Waals surface area contributed by atoms with Gasteiger partial charge in [-0.3, -0.25) is 0 Å². The van der Waals surface area contributed by atoms with E-state index in [0.717, 1.165) is 13.0 Å². The van der Waals surface area contributed by atoms with Crippen LogP contribution in [0.2, 0.25) is 0 Å². The Labute approximate surface area is 82.9 Å². The van der Waals surface area contributed by atoms with E-state index >= 15 is 0 Å². The van der Waals surface area contributed by atoms with Gasteiger partial charge in [0.05, 0.1) is 6.10 Å². The lowest BCUT2D eigenvalue weighted by molar-refractivity contribution is 0.113. The third kappa shape index (κ3) is 1.15. The SMILES string of the molecule is c1ccc2c(C3CCCO3)c[nH]c2c1. The quantitative estimate of drug-likeness (QED) is 0.729. The summed E-state index contributed by atoms with van der Waals surface area (Å²) in [7, 11) is 0. The summed E-state index contributed by atoms with van der Waals surface area (Å²) in [6.45, 7) is 0.907. The smallest absolute Gasteiger partial charge is 0.0846 e. The van der Waals surface area contributed by atoms with Crippen molar-refractivity contribution < 1.29 is 4.74 Å². The molecule has 1 saturated heterocycles. The van der Waals surface area contributed by atoms with Crippen LogP contribution in [0.4, 0.5) is 0 Å². The number of aromatic nitrogens is 1. The maximum atomic E-state index is 5.69. The molecule has 1 aliphatic rings. The lowest BCUT2D eigenvalue weighted by Crippen LogP contribution is -1.93. The number of hydrogen-bond acceptors (Lipinski definition) is 1. The Morgan fingerprint density at radius 2 is 2.21 bits per heavy atom. The summed E-state index contributed by atoms with van der Waals surface area (Å²) in [6.07, 6.45) is 4.73. The second kappa shape index (κ2) is 3.14. The van der Waals surface area contributed by atoms with Gasteiger partial charge in [-0.15, -0.1) is 0 Å². The summed E-state index contributed by atoms with van der Waals surface area (Å²) in [5.41, 5.74) is 2.52. The molecule has 0 aliphatic carbocycles. The molecule has 0 bridgehead atoms. The second-order valence-corrected chi connectivity index (χ2v) is 3.79. The molecule has 2 nitrogen and oxygen atoms in total. The predicted octanol–water partition coefficient (Wildman–Crippen LogP) is 3.02. The number of hydrogen-bond donors (Lipinski definition) is 1. The summed E-state index contributed by atoms with van der Waals surface area (Å²) < 4.78 is 5.69. The average Bonchev–Trinajstić information content (AvgIpc) is 2.85. The van der Waals surface area contributed by atoms with Crippen LogP contribution in [0.15, 0.2) is 30.5 Å².